The molecule has 1 N–H and O–H groups in total. The van der Waals surface area contributed by atoms with Crippen molar-refractivity contribution in [3.63, 3.8) is 0 Å². The van der Waals surface area contributed by atoms with Crippen LogP contribution >= 0.6 is 0 Å². The van der Waals surface area contributed by atoms with Gasteiger partial charge in [-0.1, -0.05) is 12.5 Å². The van der Waals surface area contributed by atoms with Gasteiger partial charge in [-0.15, -0.1) is 0 Å². The van der Waals surface area contributed by atoms with E-state index in [0.29, 0.717) is 44.8 Å². The van der Waals surface area contributed by atoms with Gasteiger partial charge in [-0.25, -0.2) is 8.42 Å². The standard InChI is InChI=1S/C18H26N2O4S/c1-14-5-6-16(25(22,23)20-9-3-2-4-10-20)13-17(14)19-18(21)15-7-11-24-12-8-15/h5-6,13,15H,2-4,7-12H2,1H3,(H,19,21). The van der Waals surface area contributed by atoms with Gasteiger partial charge < -0.3 is 10.1 Å². The Bertz CT molecular complexity index is 721. The van der Waals surface area contributed by atoms with Crippen molar-refractivity contribution < 1.29 is 17.9 Å². The van der Waals surface area contributed by atoms with Gasteiger partial charge in [-0.05, 0) is 50.3 Å². The van der Waals surface area contributed by atoms with E-state index < -0.39 is 10.0 Å². The molecule has 0 radical (unpaired) electrons. The van der Waals surface area contributed by atoms with Crippen molar-refractivity contribution in [1.82, 2.24) is 4.31 Å². The third kappa shape index (κ3) is 4.22. The summed E-state index contributed by atoms with van der Waals surface area (Å²) in [5, 5.41) is 2.92. The number of piperidine rings is 1. The minimum Gasteiger partial charge on any atom is -0.381 e. The molecule has 6 nitrogen and oxygen atoms in total. The molecule has 2 heterocycles. The molecular formula is C18H26N2O4S. The molecule has 7 heteroatoms. The average molecular weight is 366 g/mol. The summed E-state index contributed by atoms with van der Waals surface area (Å²) in [5.74, 6) is -0.130. The average Bonchev–Trinajstić information content (AvgIpc) is 2.64. The zero-order chi connectivity index (χ0) is 17.9. The third-order valence-electron chi connectivity index (χ3n) is 5.01. The Morgan fingerprint density at radius 2 is 1.84 bits per heavy atom. The fraction of sp³-hybridized carbons (Fsp3) is 0.611. The van der Waals surface area contributed by atoms with Crippen molar-refractivity contribution in [2.24, 2.45) is 5.92 Å². The Labute approximate surface area is 149 Å². The number of benzene rings is 1. The Hall–Kier alpha value is -1.44. The monoisotopic (exact) mass is 366 g/mol. The van der Waals surface area contributed by atoms with Gasteiger partial charge in [0.25, 0.3) is 0 Å². The Morgan fingerprint density at radius 3 is 2.52 bits per heavy atom. The minimum atomic E-state index is -3.50. The normalized spacial score (nSPS) is 20.4. The molecule has 3 rings (SSSR count). The van der Waals surface area contributed by atoms with E-state index in [0.717, 1.165) is 24.8 Å². The maximum absolute atomic E-state index is 12.8. The summed E-state index contributed by atoms with van der Waals surface area (Å²) >= 11 is 0. The molecule has 2 aliphatic rings. The van der Waals surface area contributed by atoms with Crippen molar-refractivity contribution in [3.05, 3.63) is 23.8 Å². The van der Waals surface area contributed by atoms with Gasteiger partial charge in [0.2, 0.25) is 15.9 Å². The van der Waals surface area contributed by atoms with E-state index in [4.69, 9.17) is 4.74 Å². The number of hydrogen-bond acceptors (Lipinski definition) is 4. The van der Waals surface area contributed by atoms with Crippen LogP contribution in [0.15, 0.2) is 23.1 Å². The van der Waals surface area contributed by atoms with E-state index in [1.165, 1.54) is 0 Å². The first-order chi connectivity index (χ1) is 12.0. The second kappa shape index (κ2) is 7.85. The molecule has 1 amide bonds. The zero-order valence-corrected chi connectivity index (χ0v) is 15.5. The van der Waals surface area contributed by atoms with Crippen LogP contribution in [0, 0.1) is 12.8 Å². The molecule has 0 atom stereocenters. The summed E-state index contributed by atoms with van der Waals surface area (Å²) in [7, 11) is -3.50. The molecule has 1 aromatic rings. The topological polar surface area (TPSA) is 75.7 Å². The number of nitrogens with zero attached hydrogens (tertiary/aromatic N) is 1. The highest BCUT2D eigenvalue weighted by molar-refractivity contribution is 7.89. The summed E-state index contributed by atoms with van der Waals surface area (Å²) in [5.41, 5.74) is 1.44. The number of nitrogens with one attached hydrogen (secondary N) is 1. The Kier molecular flexibility index (Phi) is 5.76. The van der Waals surface area contributed by atoms with Crippen LogP contribution in [0.25, 0.3) is 0 Å². The highest BCUT2D eigenvalue weighted by Gasteiger charge is 2.27. The second-order valence-corrected chi connectivity index (χ2v) is 8.76. The molecule has 0 spiro atoms. The van der Waals surface area contributed by atoms with Crippen LogP contribution in [0.2, 0.25) is 0 Å². The number of rotatable bonds is 4. The Balaban J connectivity index is 1.79. The van der Waals surface area contributed by atoms with Gasteiger partial charge in [0.15, 0.2) is 0 Å². The van der Waals surface area contributed by atoms with E-state index in [1.54, 1.807) is 22.5 Å². The number of anilines is 1. The number of amides is 1. The van der Waals surface area contributed by atoms with E-state index in [-0.39, 0.29) is 16.7 Å². The molecule has 0 aromatic heterocycles. The second-order valence-electron chi connectivity index (χ2n) is 6.82. The van der Waals surface area contributed by atoms with Crippen molar-refractivity contribution >= 4 is 21.6 Å². The highest BCUT2D eigenvalue weighted by Crippen LogP contribution is 2.26. The minimum absolute atomic E-state index is 0.0566. The quantitative estimate of drug-likeness (QED) is 0.888. The maximum atomic E-state index is 12.8. The molecule has 0 bridgehead atoms. The number of carbonyl (C=O) groups excluding carboxylic acids is 1. The van der Waals surface area contributed by atoms with Crippen LogP contribution in [0.5, 0.6) is 0 Å². The smallest absolute Gasteiger partial charge is 0.243 e. The van der Waals surface area contributed by atoms with Crippen LogP contribution in [0.1, 0.15) is 37.7 Å². The van der Waals surface area contributed by atoms with E-state index in [9.17, 15) is 13.2 Å². The number of sulfonamides is 1. The van der Waals surface area contributed by atoms with Crippen molar-refractivity contribution in [2.45, 2.75) is 43.9 Å². The molecule has 138 valence electrons. The maximum Gasteiger partial charge on any atom is 0.243 e. The van der Waals surface area contributed by atoms with E-state index in [2.05, 4.69) is 5.32 Å². The van der Waals surface area contributed by atoms with Crippen LogP contribution in [-0.2, 0) is 19.6 Å². The zero-order valence-electron chi connectivity index (χ0n) is 14.7. The predicted octanol–water partition coefficient (Wildman–Crippen LogP) is 2.53. The molecule has 2 saturated heterocycles. The molecular weight excluding hydrogens is 340 g/mol. The fourth-order valence-electron chi connectivity index (χ4n) is 3.35. The van der Waals surface area contributed by atoms with Gasteiger partial charge in [0.1, 0.15) is 0 Å². The van der Waals surface area contributed by atoms with Crippen molar-refractivity contribution in [1.29, 1.82) is 0 Å². The largest absolute Gasteiger partial charge is 0.381 e. The summed E-state index contributed by atoms with van der Waals surface area (Å²) in [6, 6.07) is 4.98. The van der Waals surface area contributed by atoms with Crippen LogP contribution in [0.4, 0.5) is 5.69 Å². The summed E-state index contributed by atoms with van der Waals surface area (Å²) in [6.45, 7) is 4.21. The van der Waals surface area contributed by atoms with Crippen molar-refractivity contribution in [2.75, 3.05) is 31.6 Å². The first-order valence-corrected chi connectivity index (χ1v) is 10.4. The number of aryl methyl sites for hydroxylation is 1. The molecule has 1 aromatic carbocycles. The first kappa shape index (κ1) is 18.4. The molecule has 0 saturated carbocycles. The lowest BCUT2D eigenvalue weighted by Crippen LogP contribution is -2.35. The van der Waals surface area contributed by atoms with Crippen LogP contribution in [0.3, 0.4) is 0 Å². The number of hydrogen-bond donors (Lipinski definition) is 1. The first-order valence-electron chi connectivity index (χ1n) is 8.98. The van der Waals surface area contributed by atoms with Gasteiger partial charge in [-0.2, -0.15) is 4.31 Å². The SMILES string of the molecule is Cc1ccc(S(=O)(=O)N2CCCCC2)cc1NC(=O)C1CCOCC1. The van der Waals surface area contributed by atoms with Gasteiger partial charge in [0, 0.05) is 37.9 Å². The van der Waals surface area contributed by atoms with Gasteiger partial charge in [-0.3, -0.25) is 4.79 Å². The molecule has 0 unspecified atom stereocenters. The van der Waals surface area contributed by atoms with E-state index in [1.807, 2.05) is 6.92 Å². The number of carbonyl (C=O) groups is 1. The van der Waals surface area contributed by atoms with Gasteiger partial charge in [0.05, 0.1) is 4.90 Å². The lowest BCUT2D eigenvalue weighted by molar-refractivity contribution is -0.122. The molecule has 0 aliphatic carbocycles. The lowest BCUT2D eigenvalue weighted by Gasteiger charge is -2.26. The van der Waals surface area contributed by atoms with E-state index >= 15 is 0 Å². The van der Waals surface area contributed by atoms with Crippen molar-refractivity contribution in [3.8, 4) is 0 Å². The lowest BCUT2D eigenvalue weighted by atomic mass is 9.99. The third-order valence-corrected chi connectivity index (χ3v) is 6.91. The number of ether oxygens (including phenoxy) is 1. The molecule has 2 aliphatic heterocycles. The van der Waals surface area contributed by atoms with Crippen LogP contribution < -0.4 is 5.32 Å². The molecule has 2 fully saturated rings. The summed E-state index contributed by atoms with van der Waals surface area (Å²) in [4.78, 5) is 12.7. The summed E-state index contributed by atoms with van der Waals surface area (Å²) < 4.78 is 32.5. The van der Waals surface area contributed by atoms with Gasteiger partial charge >= 0.3 is 0 Å². The summed E-state index contributed by atoms with van der Waals surface area (Å²) in [6.07, 6.45) is 4.29. The molecule has 25 heavy (non-hydrogen) atoms. The Morgan fingerprint density at radius 1 is 1.16 bits per heavy atom. The fourth-order valence-corrected chi connectivity index (χ4v) is 4.89. The van der Waals surface area contributed by atoms with Crippen LogP contribution in [-0.4, -0.2) is 44.9 Å². The highest BCUT2D eigenvalue weighted by atomic mass is 32.2. The predicted molar refractivity (Wildman–Crippen MR) is 96.0 cm³/mol.